The van der Waals surface area contributed by atoms with Gasteiger partial charge in [-0.25, -0.2) is 0 Å². The molecule has 0 bridgehead atoms. The molecule has 0 N–H and O–H groups in total. The van der Waals surface area contributed by atoms with E-state index in [1.54, 1.807) is 0 Å². The predicted molar refractivity (Wildman–Crippen MR) is 261 cm³/mol. The van der Waals surface area contributed by atoms with Crippen molar-refractivity contribution in [2.24, 2.45) is 11.8 Å². The lowest BCUT2D eigenvalue weighted by molar-refractivity contribution is -0.167. The van der Waals surface area contributed by atoms with E-state index in [1.165, 1.54) is 193 Å². The number of hydrogen-bond donors (Lipinski definition) is 0. The fourth-order valence-corrected chi connectivity index (χ4v) is 8.31. The van der Waals surface area contributed by atoms with Gasteiger partial charge in [0.25, 0.3) is 0 Å². The highest BCUT2D eigenvalue weighted by Crippen LogP contribution is 2.18. The summed E-state index contributed by atoms with van der Waals surface area (Å²) >= 11 is 0. The molecule has 362 valence electrons. The van der Waals surface area contributed by atoms with Crippen LogP contribution in [0.5, 0.6) is 0 Å². The summed E-state index contributed by atoms with van der Waals surface area (Å²) in [6.07, 6.45) is 49.4. The quantitative estimate of drug-likeness (QED) is 0.0344. The molecular weight excluding hydrogens is 757 g/mol. The van der Waals surface area contributed by atoms with E-state index in [-0.39, 0.29) is 31.1 Å². The average Bonchev–Trinajstić information content (AvgIpc) is 3.24. The van der Waals surface area contributed by atoms with E-state index in [0.29, 0.717) is 19.3 Å². The summed E-state index contributed by atoms with van der Waals surface area (Å²) in [5, 5.41) is 0. The molecule has 0 rings (SSSR count). The fourth-order valence-electron chi connectivity index (χ4n) is 8.31. The van der Waals surface area contributed by atoms with Gasteiger partial charge in [-0.15, -0.1) is 0 Å². The van der Waals surface area contributed by atoms with E-state index in [2.05, 4.69) is 34.6 Å². The molecule has 61 heavy (non-hydrogen) atoms. The third kappa shape index (κ3) is 47.7. The van der Waals surface area contributed by atoms with Crippen molar-refractivity contribution in [3.63, 3.8) is 0 Å². The molecule has 0 aromatic heterocycles. The molecule has 0 aliphatic rings. The van der Waals surface area contributed by atoms with Crippen molar-refractivity contribution in [3.05, 3.63) is 0 Å². The molecule has 1 unspecified atom stereocenters. The molecule has 0 aliphatic carbocycles. The van der Waals surface area contributed by atoms with Crippen molar-refractivity contribution in [2.75, 3.05) is 13.2 Å². The van der Waals surface area contributed by atoms with Gasteiger partial charge in [0.2, 0.25) is 0 Å². The lowest BCUT2D eigenvalue weighted by Gasteiger charge is -2.18. The molecule has 0 amide bonds. The summed E-state index contributed by atoms with van der Waals surface area (Å²) in [6, 6.07) is 0. The first kappa shape index (κ1) is 59.4. The van der Waals surface area contributed by atoms with Crippen molar-refractivity contribution in [1.82, 2.24) is 0 Å². The summed E-state index contributed by atoms with van der Waals surface area (Å²) in [6.45, 7) is 11.4. The van der Waals surface area contributed by atoms with Crippen molar-refractivity contribution in [2.45, 2.75) is 310 Å². The molecule has 6 heteroatoms. The highest BCUT2D eigenvalue weighted by Gasteiger charge is 2.19. The molecule has 0 spiro atoms. The number of ether oxygens (including phenoxy) is 3. The van der Waals surface area contributed by atoms with Gasteiger partial charge in [-0.3, -0.25) is 14.4 Å². The molecule has 0 aliphatic heterocycles. The molecule has 6 nitrogen and oxygen atoms in total. The molecule has 0 fully saturated rings. The maximum absolute atomic E-state index is 12.8. The Morgan fingerprint density at radius 1 is 0.344 bits per heavy atom. The molecule has 0 saturated heterocycles. The Morgan fingerprint density at radius 2 is 0.623 bits per heavy atom. The van der Waals surface area contributed by atoms with E-state index in [9.17, 15) is 14.4 Å². The number of rotatable bonds is 49. The fraction of sp³-hybridized carbons (Fsp3) is 0.945. The van der Waals surface area contributed by atoms with Gasteiger partial charge in [-0.1, -0.05) is 266 Å². The van der Waals surface area contributed by atoms with Crippen LogP contribution in [0.15, 0.2) is 0 Å². The second-order valence-corrected chi connectivity index (χ2v) is 19.6. The Morgan fingerprint density at radius 3 is 0.934 bits per heavy atom. The standard InChI is InChI=1S/C55H106O6/c1-6-8-9-10-11-12-13-19-25-30-35-40-45-53(56)59-48-52(49-60-54(57)46-41-36-31-26-22-21-24-29-34-39-44-51(5)7-2)61-55(58)47-42-37-32-27-20-17-15-14-16-18-23-28-33-38-43-50(3)4/h50-52H,6-49H2,1-5H3/t51?,52-/m0/s1. The minimum absolute atomic E-state index is 0.0632. The van der Waals surface area contributed by atoms with Crippen LogP contribution in [0, 0.1) is 11.8 Å². The first-order chi connectivity index (χ1) is 29.8. The van der Waals surface area contributed by atoms with Gasteiger partial charge in [0.15, 0.2) is 6.10 Å². The zero-order valence-corrected chi connectivity index (χ0v) is 41.8. The van der Waals surface area contributed by atoms with Gasteiger partial charge in [0.05, 0.1) is 0 Å². The van der Waals surface area contributed by atoms with Gasteiger partial charge >= 0.3 is 17.9 Å². The van der Waals surface area contributed by atoms with E-state index in [4.69, 9.17) is 14.2 Å². The third-order valence-electron chi connectivity index (χ3n) is 12.8. The SMILES string of the molecule is CCCCCCCCCCCCCCC(=O)OC[C@@H](COC(=O)CCCCCCCCCCCCC(C)CC)OC(=O)CCCCCCCCCCCCCCCCC(C)C. The smallest absolute Gasteiger partial charge is 0.306 e. The topological polar surface area (TPSA) is 78.9 Å². The molecule has 0 aromatic rings. The summed E-state index contributed by atoms with van der Waals surface area (Å²) in [5.41, 5.74) is 0. The van der Waals surface area contributed by atoms with Gasteiger partial charge < -0.3 is 14.2 Å². The highest BCUT2D eigenvalue weighted by atomic mass is 16.6. The Bertz CT molecular complexity index is 933. The summed E-state index contributed by atoms with van der Waals surface area (Å²) < 4.78 is 16.8. The Labute approximate surface area is 380 Å². The van der Waals surface area contributed by atoms with Crippen LogP contribution in [-0.2, 0) is 28.6 Å². The Balaban J connectivity index is 4.31. The van der Waals surface area contributed by atoms with E-state index in [1.807, 2.05) is 0 Å². The lowest BCUT2D eigenvalue weighted by atomic mass is 9.99. The van der Waals surface area contributed by atoms with Crippen molar-refractivity contribution in [1.29, 1.82) is 0 Å². The molecular formula is C55H106O6. The maximum Gasteiger partial charge on any atom is 0.306 e. The first-order valence-electron chi connectivity index (χ1n) is 27.3. The molecule has 0 aromatic carbocycles. The minimum atomic E-state index is -0.762. The van der Waals surface area contributed by atoms with Crippen molar-refractivity contribution in [3.8, 4) is 0 Å². The summed E-state index contributed by atoms with van der Waals surface area (Å²) in [4.78, 5) is 38.0. The van der Waals surface area contributed by atoms with E-state index >= 15 is 0 Å². The van der Waals surface area contributed by atoms with E-state index in [0.717, 1.165) is 69.6 Å². The predicted octanol–water partition coefficient (Wildman–Crippen LogP) is 17.7. The second-order valence-electron chi connectivity index (χ2n) is 19.6. The van der Waals surface area contributed by atoms with Crippen molar-refractivity contribution >= 4 is 17.9 Å². The number of carbonyl (C=O) groups is 3. The average molecular weight is 863 g/mol. The van der Waals surface area contributed by atoms with E-state index < -0.39 is 6.10 Å². The lowest BCUT2D eigenvalue weighted by Crippen LogP contribution is -2.30. The Hall–Kier alpha value is -1.59. The highest BCUT2D eigenvalue weighted by molar-refractivity contribution is 5.71. The van der Waals surface area contributed by atoms with Crippen LogP contribution in [-0.4, -0.2) is 37.2 Å². The number of carbonyl (C=O) groups excluding carboxylic acids is 3. The van der Waals surface area contributed by atoms with Crippen LogP contribution < -0.4 is 0 Å². The van der Waals surface area contributed by atoms with Gasteiger partial charge in [-0.2, -0.15) is 0 Å². The summed E-state index contributed by atoms with van der Waals surface area (Å²) in [5.74, 6) is 0.869. The normalized spacial score (nSPS) is 12.5. The van der Waals surface area contributed by atoms with Crippen LogP contribution in [0.4, 0.5) is 0 Å². The molecule has 0 saturated carbocycles. The zero-order chi connectivity index (χ0) is 44.7. The van der Waals surface area contributed by atoms with Crippen molar-refractivity contribution < 1.29 is 28.6 Å². The summed E-state index contributed by atoms with van der Waals surface area (Å²) in [7, 11) is 0. The van der Waals surface area contributed by atoms with Gasteiger partial charge in [-0.05, 0) is 31.1 Å². The minimum Gasteiger partial charge on any atom is -0.462 e. The molecule has 2 atom stereocenters. The third-order valence-corrected chi connectivity index (χ3v) is 12.8. The molecule has 0 heterocycles. The monoisotopic (exact) mass is 863 g/mol. The van der Waals surface area contributed by atoms with Crippen LogP contribution in [0.2, 0.25) is 0 Å². The van der Waals surface area contributed by atoms with Gasteiger partial charge in [0, 0.05) is 19.3 Å². The van der Waals surface area contributed by atoms with Crippen LogP contribution in [0.3, 0.4) is 0 Å². The number of esters is 3. The number of unbranched alkanes of at least 4 members (excludes halogenated alkanes) is 33. The largest absolute Gasteiger partial charge is 0.462 e. The first-order valence-corrected chi connectivity index (χ1v) is 27.3. The van der Waals surface area contributed by atoms with Crippen LogP contribution in [0.1, 0.15) is 304 Å². The Kier molecular flexibility index (Phi) is 46.6. The van der Waals surface area contributed by atoms with Gasteiger partial charge in [0.1, 0.15) is 13.2 Å². The maximum atomic E-state index is 12.8. The molecule has 0 radical (unpaired) electrons. The number of hydrogen-bond acceptors (Lipinski definition) is 6. The van der Waals surface area contributed by atoms with Crippen LogP contribution >= 0.6 is 0 Å². The second kappa shape index (κ2) is 47.9. The van der Waals surface area contributed by atoms with Crippen LogP contribution in [0.25, 0.3) is 0 Å². The zero-order valence-electron chi connectivity index (χ0n) is 41.8.